The van der Waals surface area contributed by atoms with Gasteiger partial charge in [0, 0.05) is 6.42 Å². The first kappa shape index (κ1) is 33.4. The molecule has 0 saturated heterocycles. The molecule has 0 radical (unpaired) electrons. The summed E-state index contributed by atoms with van der Waals surface area (Å²) < 4.78 is 11.7. The zero-order valence-electron chi connectivity index (χ0n) is 26.5. The van der Waals surface area contributed by atoms with Gasteiger partial charge in [-0.25, -0.2) is 0 Å². The maximum atomic E-state index is 12.4. The maximum absolute atomic E-state index is 12.4. The summed E-state index contributed by atoms with van der Waals surface area (Å²) in [4.78, 5) is 12.4. The van der Waals surface area contributed by atoms with E-state index in [2.05, 4.69) is 86.6 Å². The van der Waals surface area contributed by atoms with Gasteiger partial charge in [0.05, 0.1) is 6.61 Å². The molecule has 1 atom stereocenters. The molecule has 0 spiro atoms. The van der Waals surface area contributed by atoms with Crippen LogP contribution in [0.2, 0.25) is 0 Å². The lowest BCUT2D eigenvalue weighted by molar-refractivity contribution is -0.148. The van der Waals surface area contributed by atoms with Gasteiger partial charge in [-0.15, -0.1) is 0 Å². The molecular weight excluding hydrogens is 516 g/mol. The Balaban J connectivity index is 1.45. The minimum absolute atomic E-state index is 0.0927. The van der Waals surface area contributed by atoms with Gasteiger partial charge in [-0.2, -0.15) is 0 Å². The second-order valence-electron chi connectivity index (χ2n) is 11.7. The second kappa shape index (κ2) is 19.9. The number of benzene rings is 3. The Morgan fingerprint density at radius 3 is 1.62 bits per heavy atom. The van der Waals surface area contributed by atoms with Crippen LogP contribution in [0.3, 0.4) is 0 Å². The highest BCUT2D eigenvalue weighted by Crippen LogP contribution is 2.34. The topological polar surface area (TPSA) is 35.5 Å². The Bertz CT molecular complexity index is 1130. The monoisotopic (exact) mass is 570 g/mol. The van der Waals surface area contributed by atoms with Crippen LogP contribution in [0.5, 0.6) is 5.75 Å². The number of hydrogen-bond acceptors (Lipinski definition) is 3. The average molecular weight is 571 g/mol. The number of esters is 1. The highest BCUT2D eigenvalue weighted by Gasteiger charge is 2.13. The van der Waals surface area contributed by atoms with E-state index in [0.717, 1.165) is 42.7 Å². The molecule has 228 valence electrons. The van der Waals surface area contributed by atoms with Crippen LogP contribution >= 0.6 is 0 Å². The van der Waals surface area contributed by atoms with Crippen LogP contribution in [0.4, 0.5) is 0 Å². The lowest BCUT2D eigenvalue weighted by Gasteiger charge is -2.15. The molecule has 0 saturated carbocycles. The minimum Gasteiger partial charge on any atom is -0.494 e. The molecular formula is C39H54O3. The molecule has 0 N–H and O–H groups in total. The van der Waals surface area contributed by atoms with Crippen LogP contribution in [-0.4, -0.2) is 12.6 Å². The van der Waals surface area contributed by atoms with Crippen LogP contribution in [0.1, 0.15) is 129 Å². The molecule has 3 aromatic carbocycles. The first-order valence-electron chi connectivity index (χ1n) is 16.7. The molecule has 0 aliphatic heterocycles. The van der Waals surface area contributed by atoms with E-state index in [1.807, 2.05) is 6.92 Å². The van der Waals surface area contributed by atoms with Crippen molar-refractivity contribution in [2.45, 2.75) is 123 Å². The van der Waals surface area contributed by atoms with Crippen molar-refractivity contribution < 1.29 is 14.3 Å². The summed E-state index contributed by atoms with van der Waals surface area (Å²) in [5, 5.41) is 0. The molecule has 0 amide bonds. The predicted octanol–water partition coefficient (Wildman–Crippen LogP) is 11.9. The number of ether oxygens (including phenoxy) is 2. The first-order valence-corrected chi connectivity index (χ1v) is 16.7. The van der Waals surface area contributed by atoms with Gasteiger partial charge in [0.1, 0.15) is 11.9 Å². The molecule has 0 bridgehead atoms. The number of carbonyl (C=O) groups excluding carboxylic acids is 1. The van der Waals surface area contributed by atoms with Crippen LogP contribution < -0.4 is 4.74 Å². The third-order valence-corrected chi connectivity index (χ3v) is 8.09. The molecule has 42 heavy (non-hydrogen) atoms. The zero-order valence-corrected chi connectivity index (χ0v) is 26.5. The SMILES string of the molecule is CCCCCCCCCCCCC(=O)OC(C)c1ccc(-c2ccccc2-c2ccc(OCCCCCC)cc2)cc1. The van der Waals surface area contributed by atoms with Gasteiger partial charge in [0.25, 0.3) is 0 Å². The second-order valence-corrected chi connectivity index (χ2v) is 11.7. The van der Waals surface area contributed by atoms with Gasteiger partial charge in [0.15, 0.2) is 0 Å². The molecule has 0 heterocycles. The number of carbonyl (C=O) groups is 1. The fraction of sp³-hybridized carbons (Fsp3) is 0.513. The first-order chi connectivity index (χ1) is 20.6. The number of rotatable bonds is 21. The molecule has 0 aliphatic rings. The van der Waals surface area contributed by atoms with Gasteiger partial charge in [-0.1, -0.05) is 152 Å². The summed E-state index contributed by atoms with van der Waals surface area (Å²) in [7, 11) is 0. The van der Waals surface area contributed by atoms with Crippen molar-refractivity contribution in [2.75, 3.05) is 6.61 Å². The number of unbranched alkanes of at least 4 members (excludes halogenated alkanes) is 12. The summed E-state index contributed by atoms with van der Waals surface area (Å²) in [6, 6.07) is 25.4. The standard InChI is InChI=1S/C39H54O3/c1-4-6-8-10-11-12-13-14-15-16-22-39(40)42-32(3)33-23-25-34(26-24-33)37-20-17-18-21-38(37)35-27-29-36(30-28-35)41-31-19-9-7-5-2/h17-18,20-21,23-30,32H,4-16,19,22,31H2,1-3H3. The maximum Gasteiger partial charge on any atom is 0.306 e. The summed E-state index contributed by atoms with van der Waals surface area (Å²) in [6.45, 7) is 7.22. The molecule has 0 aliphatic carbocycles. The largest absolute Gasteiger partial charge is 0.494 e. The minimum atomic E-state index is -0.251. The van der Waals surface area contributed by atoms with Gasteiger partial charge >= 0.3 is 5.97 Å². The lowest BCUT2D eigenvalue weighted by Crippen LogP contribution is -2.08. The van der Waals surface area contributed by atoms with Crippen molar-refractivity contribution in [2.24, 2.45) is 0 Å². The fourth-order valence-corrected chi connectivity index (χ4v) is 5.45. The van der Waals surface area contributed by atoms with Crippen LogP contribution in [-0.2, 0) is 9.53 Å². The van der Waals surface area contributed by atoms with Crippen LogP contribution in [0.15, 0.2) is 72.8 Å². The normalized spacial score (nSPS) is 11.8. The van der Waals surface area contributed by atoms with Gasteiger partial charge < -0.3 is 9.47 Å². The smallest absolute Gasteiger partial charge is 0.306 e. The van der Waals surface area contributed by atoms with Gasteiger partial charge in [0.2, 0.25) is 0 Å². The Kier molecular flexibility index (Phi) is 15.9. The van der Waals surface area contributed by atoms with Gasteiger partial charge in [-0.05, 0) is 59.7 Å². The van der Waals surface area contributed by atoms with Crippen molar-refractivity contribution in [1.82, 2.24) is 0 Å². The molecule has 0 fully saturated rings. The summed E-state index contributed by atoms with van der Waals surface area (Å²) in [5.74, 6) is 0.832. The van der Waals surface area contributed by atoms with E-state index in [1.54, 1.807) is 0 Å². The average Bonchev–Trinajstić information content (AvgIpc) is 3.02. The van der Waals surface area contributed by atoms with E-state index in [0.29, 0.717) is 6.42 Å². The van der Waals surface area contributed by atoms with Crippen molar-refractivity contribution in [3.63, 3.8) is 0 Å². The van der Waals surface area contributed by atoms with E-state index < -0.39 is 0 Å². The Labute approximate surface area is 256 Å². The van der Waals surface area contributed by atoms with Gasteiger partial charge in [-0.3, -0.25) is 4.79 Å². The third kappa shape index (κ3) is 12.0. The molecule has 3 aromatic rings. The molecule has 1 unspecified atom stereocenters. The summed E-state index contributed by atoms with van der Waals surface area (Å²) in [6.07, 6.45) is 17.7. The Morgan fingerprint density at radius 2 is 1.07 bits per heavy atom. The van der Waals surface area contributed by atoms with E-state index in [4.69, 9.17) is 9.47 Å². The highest BCUT2D eigenvalue weighted by molar-refractivity contribution is 5.83. The summed E-state index contributed by atoms with van der Waals surface area (Å²) in [5.41, 5.74) is 5.71. The van der Waals surface area contributed by atoms with Crippen molar-refractivity contribution >= 4 is 5.97 Å². The number of hydrogen-bond donors (Lipinski definition) is 0. The van der Waals surface area contributed by atoms with Crippen molar-refractivity contribution in [3.8, 4) is 28.0 Å². The van der Waals surface area contributed by atoms with E-state index in [1.165, 1.54) is 87.3 Å². The Morgan fingerprint density at radius 1 is 0.595 bits per heavy atom. The van der Waals surface area contributed by atoms with Crippen molar-refractivity contribution in [1.29, 1.82) is 0 Å². The highest BCUT2D eigenvalue weighted by atomic mass is 16.5. The quantitative estimate of drug-likeness (QED) is 0.0943. The van der Waals surface area contributed by atoms with E-state index >= 15 is 0 Å². The predicted molar refractivity (Wildman–Crippen MR) is 178 cm³/mol. The van der Waals surface area contributed by atoms with Crippen molar-refractivity contribution in [3.05, 3.63) is 78.4 Å². The molecule has 3 heteroatoms. The third-order valence-electron chi connectivity index (χ3n) is 8.09. The molecule has 0 aromatic heterocycles. The van der Waals surface area contributed by atoms with E-state index in [-0.39, 0.29) is 12.1 Å². The molecule has 3 nitrogen and oxygen atoms in total. The van der Waals surface area contributed by atoms with Crippen LogP contribution in [0, 0.1) is 0 Å². The summed E-state index contributed by atoms with van der Waals surface area (Å²) >= 11 is 0. The van der Waals surface area contributed by atoms with Crippen LogP contribution in [0.25, 0.3) is 22.3 Å². The van der Waals surface area contributed by atoms with E-state index in [9.17, 15) is 4.79 Å². The molecule has 3 rings (SSSR count). The fourth-order valence-electron chi connectivity index (χ4n) is 5.45. The lowest BCUT2D eigenvalue weighted by atomic mass is 9.93. The zero-order chi connectivity index (χ0) is 29.8. The Hall–Kier alpha value is -3.07.